The number of pyridine rings is 1. The molecule has 0 radical (unpaired) electrons. The van der Waals surface area contributed by atoms with Gasteiger partial charge in [0.05, 0.1) is 18.8 Å². The Morgan fingerprint density at radius 1 is 1.09 bits per heavy atom. The first-order valence-corrected chi connectivity index (χ1v) is 10.8. The molecule has 0 aliphatic carbocycles. The number of carbonyl (C=O) groups is 2. The lowest BCUT2D eigenvalue weighted by molar-refractivity contribution is -0.132. The molecule has 1 aliphatic rings. The molecule has 1 fully saturated rings. The largest absolute Gasteiger partial charge is 0.496 e. The topological polar surface area (TPSA) is 85.5 Å². The van der Waals surface area contributed by atoms with Gasteiger partial charge in [0.25, 0.3) is 0 Å². The maximum absolute atomic E-state index is 13.0. The smallest absolute Gasteiger partial charge is 0.248 e. The Morgan fingerprint density at radius 2 is 1.94 bits per heavy atom. The molecule has 0 spiro atoms. The first-order chi connectivity index (χ1) is 15.6. The van der Waals surface area contributed by atoms with Crippen molar-refractivity contribution < 1.29 is 14.3 Å². The van der Waals surface area contributed by atoms with Gasteiger partial charge in [0, 0.05) is 30.3 Å². The van der Waals surface area contributed by atoms with Crippen molar-refractivity contribution >= 4 is 11.8 Å². The Balaban J connectivity index is 1.45. The van der Waals surface area contributed by atoms with Crippen molar-refractivity contribution in [2.75, 3.05) is 13.7 Å². The summed E-state index contributed by atoms with van der Waals surface area (Å²) in [5.41, 5.74) is 9.58. The number of likely N-dealkylation sites (tertiary alicyclic amines) is 1. The van der Waals surface area contributed by atoms with Crippen LogP contribution in [0.15, 0.2) is 66.9 Å². The van der Waals surface area contributed by atoms with Gasteiger partial charge in [-0.25, -0.2) is 0 Å². The Bertz CT molecular complexity index is 1110. The minimum Gasteiger partial charge on any atom is -0.496 e. The minimum absolute atomic E-state index is 0.00817. The number of methoxy groups -OCH3 is 1. The lowest BCUT2D eigenvalue weighted by atomic mass is 10.0. The SMILES string of the molecule is COc1ccccc1CCC(=O)N1CCCC1c1ccc(-c2cccc(C(N)=O)c2)cn1. The highest BCUT2D eigenvalue weighted by Gasteiger charge is 2.30. The van der Waals surface area contributed by atoms with Gasteiger partial charge in [-0.05, 0) is 54.7 Å². The summed E-state index contributed by atoms with van der Waals surface area (Å²) >= 11 is 0. The number of primary amides is 1. The van der Waals surface area contributed by atoms with E-state index in [2.05, 4.69) is 4.98 Å². The summed E-state index contributed by atoms with van der Waals surface area (Å²) in [6.45, 7) is 0.750. The van der Waals surface area contributed by atoms with Gasteiger partial charge >= 0.3 is 0 Å². The van der Waals surface area contributed by atoms with Gasteiger partial charge in [-0.3, -0.25) is 14.6 Å². The average Bonchev–Trinajstić information content (AvgIpc) is 3.33. The van der Waals surface area contributed by atoms with E-state index in [9.17, 15) is 9.59 Å². The van der Waals surface area contributed by atoms with E-state index in [0.717, 1.165) is 47.5 Å². The number of aromatic nitrogens is 1. The molecule has 1 unspecified atom stereocenters. The van der Waals surface area contributed by atoms with Crippen molar-refractivity contribution in [1.82, 2.24) is 9.88 Å². The predicted octanol–water partition coefficient (Wildman–Crippen LogP) is 4.15. The number of carbonyl (C=O) groups excluding carboxylic acids is 2. The summed E-state index contributed by atoms with van der Waals surface area (Å²) in [4.78, 5) is 31.1. The van der Waals surface area contributed by atoms with Crippen LogP contribution in [-0.4, -0.2) is 35.4 Å². The molecular formula is C26H27N3O3. The standard InChI is InChI=1S/C26H27N3O3/c1-32-24-10-3-2-6-18(24)12-14-25(30)29-15-5-9-23(29)22-13-11-21(17-28-22)19-7-4-8-20(16-19)26(27)31/h2-4,6-8,10-11,13,16-17,23H,5,9,12,14-15H2,1H3,(H2,27,31). The van der Waals surface area contributed by atoms with Crippen molar-refractivity contribution in [3.63, 3.8) is 0 Å². The van der Waals surface area contributed by atoms with Crippen LogP contribution in [0.3, 0.4) is 0 Å². The van der Waals surface area contributed by atoms with Gasteiger partial charge in [0.15, 0.2) is 0 Å². The fourth-order valence-corrected chi connectivity index (χ4v) is 4.29. The lowest BCUT2D eigenvalue weighted by Crippen LogP contribution is -2.31. The van der Waals surface area contributed by atoms with Crippen molar-refractivity contribution in [3.8, 4) is 16.9 Å². The quantitative estimate of drug-likeness (QED) is 0.611. The summed E-state index contributed by atoms with van der Waals surface area (Å²) in [6.07, 6.45) is 4.76. The van der Waals surface area contributed by atoms with Crippen LogP contribution in [0.25, 0.3) is 11.1 Å². The van der Waals surface area contributed by atoms with Crippen molar-refractivity contribution in [2.45, 2.75) is 31.7 Å². The highest BCUT2D eigenvalue weighted by Crippen LogP contribution is 2.33. The van der Waals surface area contributed by atoms with E-state index in [4.69, 9.17) is 10.5 Å². The van der Waals surface area contributed by atoms with Crippen LogP contribution in [-0.2, 0) is 11.2 Å². The highest BCUT2D eigenvalue weighted by atomic mass is 16.5. The number of ether oxygens (including phenoxy) is 1. The summed E-state index contributed by atoms with van der Waals surface area (Å²) in [6, 6.07) is 19.0. The van der Waals surface area contributed by atoms with E-state index in [1.807, 2.05) is 53.4 Å². The van der Waals surface area contributed by atoms with Crippen molar-refractivity contribution in [1.29, 1.82) is 0 Å². The first-order valence-electron chi connectivity index (χ1n) is 10.8. The molecule has 6 nitrogen and oxygen atoms in total. The summed E-state index contributed by atoms with van der Waals surface area (Å²) in [7, 11) is 1.65. The second-order valence-corrected chi connectivity index (χ2v) is 7.97. The van der Waals surface area contributed by atoms with E-state index in [-0.39, 0.29) is 11.9 Å². The Morgan fingerprint density at radius 3 is 2.69 bits per heavy atom. The maximum atomic E-state index is 13.0. The van der Waals surface area contributed by atoms with Crippen molar-refractivity contribution in [2.24, 2.45) is 5.73 Å². The molecule has 164 valence electrons. The molecule has 1 atom stereocenters. The third-order valence-electron chi connectivity index (χ3n) is 5.98. The molecule has 2 amide bonds. The molecule has 6 heteroatoms. The van der Waals surface area contributed by atoms with Crippen molar-refractivity contribution in [3.05, 3.63) is 83.7 Å². The number of hydrogen-bond acceptors (Lipinski definition) is 4. The molecule has 2 heterocycles. The summed E-state index contributed by atoms with van der Waals surface area (Å²) < 4.78 is 5.40. The normalized spacial score (nSPS) is 15.5. The van der Waals surface area contributed by atoms with Crippen LogP contribution < -0.4 is 10.5 Å². The number of amides is 2. The van der Waals surface area contributed by atoms with Crippen LogP contribution in [0.4, 0.5) is 0 Å². The zero-order chi connectivity index (χ0) is 22.5. The molecule has 2 N–H and O–H groups in total. The molecule has 3 aromatic rings. The molecule has 1 aromatic heterocycles. The molecule has 1 saturated heterocycles. The van der Waals surface area contributed by atoms with Gasteiger partial charge in [-0.15, -0.1) is 0 Å². The van der Waals surface area contributed by atoms with Gasteiger partial charge in [-0.2, -0.15) is 0 Å². The number of nitrogens with two attached hydrogens (primary N) is 1. The highest BCUT2D eigenvalue weighted by molar-refractivity contribution is 5.94. The maximum Gasteiger partial charge on any atom is 0.248 e. The number of rotatable bonds is 7. The van der Waals surface area contributed by atoms with Crippen LogP contribution >= 0.6 is 0 Å². The Kier molecular flexibility index (Phi) is 6.50. The van der Waals surface area contributed by atoms with Gasteiger partial charge in [0.2, 0.25) is 11.8 Å². The molecule has 2 aromatic carbocycles. The Hall–Kier alpha value is -3.67. The summed E-state index contributed by atoms with van der Waals surface area (Å²) in [5.74, 6) is 0.499. The van der Waals surface area contributed by atoms with Crippen LogP contribution in [0.2, 0.25) is 0 Å². The van der Waals surface area contributed by atoms with Gasteiger partial charge < -0.3 is 15.4 Å². The lowest BCUT2D eigenvalue weighted by Gasteiger charge is -2.24. The monoisotopic (exact) mass is 429 g/mol. The molecule has 0 bridgehead atoms. The zero-order valence-electron chi connectivity index (χ0n) is 18.2. The van der Waals surface area contributed by atoms with Gasteiger partial charge in [0.1, 0.15) is 5.75 Å². The second-order valence-electron chi connectivity index (χ2n) is 7.97. The minimum atomic E-state index is -0.454. The summed E-state index contributed by atoms with van der Waals surface area (Å²) in [5, 5.41) is 0. The molecule has 32 heavy (non-hydrogen) atoms. The van der Waals surface area contributed by atoms with E-state index in [1.54, 1.807) is 25.4 Å². The van der Waals surface area contributed by atoms with E-state index >= 15 is 0 Å². The first kappa shape index (κ1) is 21.6. The second kappa shape index (κ2) is 9.64. The zero-order valence-corrected chi connectivity index (χ0v) is 18.2. The number of hydrogen-bond donors (Lipinski definition) is 1. The number of para-hydroxylation sites is 1. The van der Waals surface area contributed by atoms with Crippen LogP contribution in [0.1, 0.15) is 46.9 Å². The third-order valence-corrected chi connectivity index (χ3v) is 5.98. The Labute approximate surface area is 188 Å². The van der Waals surface area contributed by atoms with Crippen LogP contribution in [0.5, 0.6) is 5.75 Å². The number of benzene rings is 2. The third kappa shape index (κ3) is 4.64. The molecule has 1 aliphatic heterocycles. The molecule has 0 saturated carbocycles. The average molecular weight is 430 g/mol. The fourth-order valence-electron chi connectivity index (χ4n) is 4.29. The van der Waals surface area contributed by atoms with Crippen LogP contribution in [0, 0.1) is 0 Å². The molecular weight excluding hydrogens is 402 g/mol. The predicted molar refractivity (Wildman–Crippen MR) is 123 cm³/mol. The van der Waals surface area contributed by atoms with E-state index in [0.29, 0.717) is 18.4 Å². The van der Waals surface area contributed by atoms with Gasteiger partial charge in [-0.1, -0.05) is 36.4 Å². The fraction of sp³-hybridized carbons (Fsp3) is 0.269. The van der Waals surface area contributed by atoms with E-state index < -0.39 is 5.91 Å². The number of aryl methyl sites for hydroxylation is 1. The molecule has 4 rings (SSSR count). The number of nitrogens with zero attached hydrogens (tertiary/aromatic N) is 2. The van der Waals surface area contributed by atoms with E-state index in [1.165, 1.54) is 0 Å².